The van der Waals surface area contributed by atoms with Gasteiger partial charge in [-0.25, -0.2) is 8.51 Å². The third-order valence-electron chi connectivity index (χ3n) is 3.34. The van der Waals surface area contributed by atoms with Gasteiger partial charge in [0.1, 0.15) is 18.1 Å². The minimum atomic E-state index is -0.918. The van der Waals surface area contributed by atoms with Crippen LogP contribution in [0.15, 0.2) is 22.7 Å². The van der Waals surface area contributed by atoms with E-state index >= 15 is 0 Å². The molecule has 1 fully saturated rings. The molecular formula is C15H22BrNO3S. The van der Waals surface area contributed by atoms with E-state index in [2.05, 4.69) is 15.9 Å². The van der Waals surface area contributed by atoms with Crippen LogP contribution >= 0.6 is 15.9 Å². The maximum atomic E-state index is 11.6. The summed E-state index contributed by atoms with van der Waals surface area (Å²) < 4.78 is 25.8. The van der Waals surface area contributed by atoms with Crippen molar-refractivity contribution in [1.82, 2.24) is 4.31 Å². The number of benzene rings is 1. The Labute approximate surface area is 137 Å². The van der Waals surface area contributed by atoms with Crippen LogP contribution in [0.25, 0.3) is 0 Å². The fourth-order valence-electron chi connectivity index (χ4n) is 1.79. The number of rotatable bonds is 9. The molecule has 1 aliphatic carbocycles. The van der Waals surface area contributed by atoms with E-state index in [0.29, 0.717) is 18.9 Å². The Bertz CT molecular complexity index is 494. The van der Waals surface area contributed by atoms with Crippen molar-refractivity contribution >= 4 is 26.9 Å². The zero-order chi connectivity index (χ0) is 15.2. The summed E-state index contributed by atoms with van der Waals surface area (Å²) in [5, 5.41) is 0. The molecule has 1 aliphatic rings. The summed E-state index contributed by atoms with van der Waals surface area (Å²) in [5.41, 5.74) is 0. The SMILES string of the molecule is CCS(=O)N(C)CCOc1ccc(Br)c(OCC2CC2)c1. The molecule has 1 saturated carbocycles. The monoisotopic (exact) mass is 375 g/mol. The van der Waals surface area contributed by atoms with Crippen LogP contribution in [0.3, 0.4) is 0 Å². The van der Waals surface area contributed by atoms with Crippen LogP contribution < -0.4 is 9.47 Å². The Kier molecular flexibility index (Phi) is 6.51. The van der Waals surface area contributed by atoms with Crippen LogP contribution in [0.5, 0.6) is 11.5 Å². The summed E-state index contributed by atoms with van der Waals surface area (Å²) in [5.74, 6) is 2.96. The molecule has 4 nitrogen and oxygen atoms in total. The highest BCUT2D eigenvalue weighted by Gasteiger charge is 2.22. The molecule has 0 spiro atoms. The van der Waals surface area contributed by atoms with Crippen molar-refractivity contribution in [2.75, 3.05) is 32.6 Å². The van der Waals surface area contributed by atoms with Gasteiger partial charge in [0.05, 0.1) is 22.1 Å². The third kappa shape index (κ3) is 5.60. The number of halogens is 1. The zero-order valence-electron chi connectivity index (χ0n) is 12.5. The lowest BCUT2D eigenvalue weighted by atomic mass is 10.3. The van der Waals surface area contributed by atoms with E-state index in [4.69, 9.17) is 9.47 Å². The molecule has 0 bridgehead atoms. The Balaban J connectivity index is 1.82. The van der Waals surface area contributed by atoms with Gasteiger partial charge in [0, 0.05) is 18.4 Å². The van der Waals surface area contributed by atoms with E-state index in [0.717, 1.165) is 28.5 Å². The normalized spacial score (nSPS) is 16.0. The van der Waals surface area contributed by atoms with Gasteiger partial charge in [-0.3, -0.25) is 0 Å². The highest BCUT2D eigenvalue weighted by Crippen LogP contribution is 2.33. The van der Waals surface area contributed by atoms with Crippen LogP contribution in [0.1, 0.15) is 19.8 Å². The Morgan fingerprint density at radius 2 is 2.14 bits per heavy atom. The van der Waals surface area contributed by atoms with Crippen LogP contribution in [0, 0.1) is 5.92 Å². The van der Waals surface area contributed by atoms with E-state index in [1.807, 2.05) is 32.2 Å². The second-order valence-corrected chi connectivity index (χ2v) is 7.85. The fraction of sp³-hybridized carbons (Fsp3) is 0.600. The molecular weight excluding hydrogens is 354 g/mol. The highest BCUT2D eigenvalue weighted by atomic mass is 79.9. The lowest BCUT2D eigenvalue weighted by Crippen LogP contribution is -2.27. The first-order valence-corrected chi connectivity index (χ1v) is 9.31. The van der Waals surface area contributed by atoms with Gasteiger partial charge in [0.25, 0.3) is 0 Å². The lowest BCUT2D eigenvalue weighted by molar-refractivity contribution is 0.280. The van der Waals surface area contributed by atoms with Crippen LogP contribution in [0.2, 0.25) is 0 Å². The van der Waals surface area contributed by atoms with Crippen molar-refractivity contribution in [2.24, 2.45) is 5.92 Å². The van der Waals surface area contributed by atoms with Gasteiger partial charge in [-0.1, -0.05) is 6.92 Å². The predicted molar refractivity (Wildman–Crippen MR) is 89.2 cm³/mol. The molecule has 2 rings (SSSR count). The maximum Gasteiger partial charge on any atom is 0.137 e. The molecule has 0 saturated heterocycles. The second-order valence-electron chi connectivity index (χ2n) is 5.16. The minimum Gasteiger partial charge on any atom is -0.492 e. The largest absolute Gasteiger partial charge is 0.492 e. The number of nitrogens with zero attached hydrogens (tertiary/aromatic N) is 1. The van der Waals surface area contributed by atoms with Crippen LogP contribution in [-0.2, 0) is 11.0 Å². The molecule has 0 amide bonds. The summed E-state index contributed by atoms with van der Waals surface area (Å²) >= 11 is 3.49. The minimum absolute atomic E-state index is 0.506. The van der Waals surface area contributed by atoms with Gasteiger partial charge in [0.2, 0.25) is 0 Å². The van der Waals surface area contributed by atoms with Crippen molar-refractivity contribution in [3.63, 3.8) is 0 Å². The van der Waals surface area contributed by atoms with E-state index in [-0.39, 0.29) is 0 Å². The molecule has 6 heteroatoms. The molecule has 0 aromatic heterocycles. The maximum absolute atomic E-state index is 11.6. The molecule has 1 aromatic carbocycles. The topological polar surface area (TPSA) is 38.8 Å². The van der Waals surface area contributed by atoms with Crippen molar-refractivity contribution in [3.8, 4) is 11.5 Å². The van der Waals surface area contributed by atoms with E-state index in [1.54, 1.807) is 4.31 Å². The molecule has 0 radical (unpaired) electrons. The first-order chi connectivity index (χ1) is 10.1. The molecule has 1 unspecified atom stereocenters. The summed E-state index contributed by atoms with van der Waals surface area (Å²) in [6, 6.07) is 5.75. The average molecular weight is 376 g/mol. The van der Waals surface area contributed by atoms with E-state index in [1.165, 1.54) is 12.8 Å². The Morgan fingerprint density at radius 1 is 1.38 bits per heavy atom. The summed E-state index contributed by atoms with van der Waals surface area (Å²) in [6.45, 7) is 3.83. The van der Waals surface area contributed by atoms with Gasteiger partial charge >= 0.3 is 0 Å². The van der Waals surface area contributed by atoms with Gasteiger partial charge in [-0.15, -0.1) is 0 Å². The number of ether oxygens (including phenoxy) is 2. The van der Waals surface area contributed by atoms with Crippen molar-refractivity contribution in [3.05, 3.63) is 22.7 Å². The quantitative estimate of drug-likeness (QED) is 0.664. The van der Waals surface area contributed by atoms with Crippen molar-refractivity contribution in [1.29, 1.82) is 0 Å². The Hall–Kier alpha value is -0.590. The summed E-state index contributed by atoms with van der Waals surface area (Å²) in [6.07, 6.45) is 2.55. The van der Waals surface area contributed by atoms with Crippen molar-refractivity contribution < 1.29 is 13.7 Å². The van der Waals surface area contributed by atoms with Gasteiger partial charge in [0.15, 0.2) is 0 Å². The molecule has 1 atom stereocenters. The predicted octanol–water partition coefficient (Wildman–Crippen LogP) is 3.23. The van der Waals surface area contributed by atoms with Crippen LogP contribution in [0.4, 0.5) is 0 Å². The average Bonchev–Trinajstić information content (AvgIpc) is 3.30. The van der Waals surface area contributed by atoms with Crippen LogP contribution in [-0.4, -0.2) is 41.1 Å². The third-order valence-corrected chi connectivity index (χ3v) is 5.37. The first-order valence-electron chi connectivity index (χ1n) is 7.25. The summed E-state index contributed by atoms with van der Waals surface area (Å²) in [4.78, 5) is 0. The smallest absolute Gasteiger partial charge is 0.137 e. The zero-order valence-corrected chi connectivity index (χ0v) is 14.9. The van der Waals surface area contributed by atoms with Gasteiger partial charge < -0.3 is 9.47 Å². The summed E-state index contributed by atoms with van der Waals surface area (Å²) in [7, 11) is 0.924. The number of likely N-dealkylation sites (N-methyl/N-ethyl adjacent to an activating group) is 1. The molecule has 21 heavy (non-hydrogen) atoms. The molecule has 0 heterocycles. The number of hydrogen-bond acceptors (Lipinski definition) is 3. The first kappa shape index (κ1) is 16.8. The van der Waals surface area contributed by atoms with Crippen molar-refractivity contribution in [2.45, 2.75) is 19.8 Å². The molecule has 0 N–H and O–H groups in total. The second kappa shape index (κ2) is 8.15. The lowest BCUT2D eigenvalue weighted by Gasteiger charge is -2.15. The highest BCUT2D eigenvalue weighted by molar-refractivity contribution is 9.10. The molecule has 118 valence electrons. The standard InChI is InChI=1S/C15H22BrNO3S/c1-3-21(18)17(2)8-9-19-13-6-7-14(16)15(10-13)20-11-12-4-5-12/h6-7,10,12H,3-5,8-9,11H2,1-2H3. The Morgan fingerprint density at radius 3 is 2.81 bits per heavy atom. The van der Waals surface area contributed by atoms with E-state index in [9.17, 15) is 4.21 Å². The van der Waals surface area contributed by atoms with Gasteiger partial charge in [-0.05, 0) is 53.9 Å². The fourth-order valence-corrected chi connectivity index (χ4v) is 2.87. The molecule has 0 aliphatic heterocycles. The van der Waals surface area contributed by atoms with E-state index < -0.39 is 11.0 Å². The van der Waals surface area contributed by atoms with Gasteiger partial charge in [-0.2, -0.15) is 0 Å². The molecule has 1 aromatic rings. The number of hydrogen-bond donors (Lipinski definition) is 0.